The Morgan fingerprint density at radius 1 is 1.21 bits per heavy atom. The molecule has 0 unspecified atom stereocenters. The van der Waals surface area contributed by atoms with Crippen molar-refractivity contribution in [1.82, 2.24) is 0 Å². The lowest BCUT2D eigenvalue weighted by Crippen LogP contribution is -2.00. The lowest BCUT2D eigenvalue weighted by atomic mass is 10.1. The zero-order chi connectivity index (χ0) is 13.7. The third kappa shape index (κ3) is 3.83. The molecule has 1 heterocycles. The maximum absolute atomic E-state index is 10.6. The van der Waals surface area contributed by atoms with Gasteiger partial charge in [-0.15, -0.1) is 11.3 Å². The second kappa shape index (κ2) is 6.38. The average molecular weight is 275 g/mol. The molecule has 0 aliphatic rings. The van der Waals surface area contributed by atoms with Crippen LogP contribution in [0.25, 0.3) is 0 Å². The second-order valence-corrected chi connectivity index (χ2v) is 5.56. The number of rotatable bonds is 6. The van der Waals surface area contributed by atoms with E-state index in [1.165, 1.54) is 5.56 Å². The molecule has 0 aliphatic carbocycles. The van der Waals surface area contributed by atoms with Gasteiger partial charge in [-0.2, -0.15) is 0 Å². The van der Waals surface area contributed by atoms with E-state index in [1.54, 1.807) is 11.3 Å². The zero-order valence-electron chi connectivity index (χ0n) is 10.8. The molecular weight excluding hydrogens is 258 g/mol. The van der Waals surface area contributed by atoms with E-state index in [2.05, 4.69) is 24.4 Å². The fourth-order valence-electron chi connectivity index (χ4n) is 1.94. The van der Waals surface area contributed by atoms with E-state index in [0.717, 1.165) is 28.4 Å². The summed E-state index contributed by atoms with van der Waals surface area (Å²) in [6, 6.07) is 12.1. The van der Waals surface area contributed by atoms with Gasteiger partial charge in [0.2, 0.25) is 0 Å². The van der Waals surface area contributed by atoms with E-state index in [-0.39, 0.29) is 6.42 Å². The third-order valence-electron chi connectivity index (χ3n) is 2.89. The van der Waals surface area contributed by atoms with E-state index in [1.807, 2.05) is 24.3 Å². The molecule has 0 saturated heterocycles. The number of anilines is 1. The number of hydrogen-bond donors (Lipinski definition) is 2. The number of carboxylic acid groups (broad SMARTS) is 1. The molecule has 3 nitrogen and oxygen atoms in total. The molecule has 0 radical (unpaired) electrons. The fourth-order valence-corrected chi connectivity index (χ4v) is 2.89. The number of hydrogen-bond acceptors (Lipinski definition) is 3. The SMILES string of the molecule is CCc1ccccc1NCc1ccc(CC(=O)O)s1. The predicted molar refractivity (Wildman–Crippen MR) is 78.8 cm³/mol. The van der Waals surface area contributed by atoms with Gasteiger partial charge in [-0.1, -0.05) is 25.1 Å². The molecule has 0 fully saturated rings. The molecule has 2 rings (SSSR count). The van der Waals surface area contributed by atoms with Crippen LogP contribution in [0.2, 0.25) is 0 Å². The summed E-state index contributed by atoms with van der Waals surface area (Å²) >= 11 is 1.55. The summed E-state index contributed by atoms with van der Waals surface area (Å²) in [5.74, 6) is -0.780. The number of carboxylic acids is 1. The van der Waals surface area contributed by atoms with E-state index in [0.29, 0.717) is 0 Å². The van der Waals surface area contributed by atoms with Gasteiger partial charge in [0.25, 0.3) is 0 Å². The number of benzene rings is 1. The van der Waals surface area contributed by atoms with Crippen LogP contribution in [0.1, 0.15) is 22.2 Å². The van der Waals surface area contributed by atoms with Gasteiger partial charge < -0.3 is 10.4 Å². The maximum Gasteiger partial charge on any atom is 0.308 e. The number of carbonyl (C=O) groups is 1. The van der Waals surface area contributed by atoms with Crippen LogP contribution in [0.3, 0.4) is 0 Å². The summed E-state index contributed by atoms with van der Waals surface area (Å²) in [6.07, 6.45) is 1.11. The first-order valence-electron chi connectivity index (χ1n) is 6.30. The Morgan fingerprint density at radius 3 is 2.68 bits per heavy atom. The zero-order valence-corrected chi connectivity index (χ0v) is 11.7. The van der Waals surface area contributed by atoms with Crippen molar-refractivity contribution >= 4 is 23.0 Å². The van der Waals surface area contributed by atoms with Gasteiger partial charge in [-0.05, 0) is 30.2 Å². The highest BCUT2D eigenvalue weighted by Gasteiger charge is 2.05. The molecular formula is C15H17NO2S. The van der Waals surface area contributed by atoms with Crippen LogP contribution < -0.4 is 5.32 Å². The monoisotopic (exact) mass is 275 g/mol. The van der Waals surface area contributed by atoms with Crippen molar-refractivity contribution in [2.45, 2.75) is 26.3 Å². The Labute approximate surface area is 116 Å². The Balaban J connectivity index is 1.98. The molecule has 0 saturated carbocycles. The number of aryl methyl sites for hydroxylation is 1. The molecule has 2 aromatic rings. The van der Waals surface area contributed by atoms with E-state index in [4.69, 9.17) is 5.11 Å². The second-order valence-electron chi connectivity index (χ2n) is 4.30. The topological polar surface area (TPSA) is 49.3 Å². The van der Waals surface area contributed by atoms with Crippen LogP contribution in [0.5, 0.6) is 0 Å². The molecule has 2 N–H and O–H groups in total. The minimum atomic E-state index is -0.780. The number of nitrogens with one attached hydrogen (secondary N) is 1. The smallest absolute Gasteiger partial charge is 0.308 e. The van der Waals surface area contributed by atoms with Crippen molar-refractivity contribution in [3.63, 3.8) is 0 Å². The largest absolute Gasteiger partial charge is 0.481 e. The maximum atomic E-state index is 10.6. The normalized spacial score (nSPS) is 10.4. The van der Waals surface area contributed by atoms with Gasteiger partial charge in [0, 0.05) is 22.0 Å². The summed E-state index contributed by atoms with van der Waals surface area (Å²) < 4.78 is 0. The standard InChI is InChI=1S/C15H17NO2S/c1-2-11-5-3-4-6-14(11)16-10-13-8-7-12(19-13)9-15(17)18/h3-8,16H,2,9-10H2,1H3,(H,17,18). The molecule has 0 spiro atoms. The van der Waals surface area contributed by atoms with Crippen LogP contribution in [-0.2, 0) is 24.2 Å². The summed E-state index contributed by atoms with van der Waals surface area (Å²) in [5, 5.41) is 12.2. The molecule has 100 valence electrons. The Morgan fingerprint density at radius 2 is 1.95 bits per heavy atom. The van der Waals surface area contributed by atoms with Gasteiger partial charge in [0.05, 0.1) is 6.42 Å². The highest BCUT2D eigenvalue weighted by Crippen LogP contribution is 2.20. The van der Waals surface area contributed by atoms with Crippen molar-refractivity contribution in [1.29, 1.82) is 0 Å². The van der Waals surface area contributed by atoms with E-state index >= 15 is 0 Å². The molecule has 1 aromatic carbocycles. The van der Waals surface area contributed by atoms with E-state index in [9.17, 15) is 4.79 Å². The van der Waals surface area contributed by atoms with Crippen LogP contribution in [0.15, 0.2) is 36.4 Å². The van der Waals surface area contributed by atoms with Gasteiger partial charge in [0.1, 0.15) is 0 Å². The summed E-state index contributed by atoms with van der Waals surface area (Å²) in [5.41, 5.74) is 2.45. The Kier molecular flexibility index (Phi) is 4.58. The van der Waals surface area contributed by atoms with Gasteiger partial charge in [0.15, 0.2) is 0 Å². The first-order valence-corrected chi connectivity index (χ1v) is 7.12. The van der Waals surface area contributed by atoms with Gasteiger partial charge in [-0.3, -0.25) is 4.79 Å². The Hall–Kier alpha value is -1.81. The average Bonchev–Trinajstić information content (AvgIpc) is 2.83. The highest BCUT2D eigenvalue weighted by atomic mass is 32.1. The first-order chi connectivity index (χ1) is 9.19. The number of thiophene rings is 1. The predicted octanol–water partition coefficient (Wildman–Crippen LogP) is 3.55. The highest BCUT2D eigenvalue weighted by molar-refractivity contribution is 7.12. The molecule has 0 aliphatic heterocycles. The lowest BCUT2D eigenvalue weighted by molar-refractivity contribution is -0.136. The molecule has 4 heteroatoms. The molecule has 0 amide bonds. The minimum absolute atomic E-state index is 0.107. The van der Waals surface area contributed by atoms with E-state index < -0.39 is 5.97 Å². The molecule has 1 aromatic heterocycles. The molecule has 0 bridgehead atoms. The fraction of sp³-hybridized carbons (Fsp3) is 0.267. The lowest BCUT2D eigenvalue weighted by Gasteiger charge is -2.09. The van der Waals surface area contributed by atoms with Crippen molar-refractivity contribution < 1.29 is 9.90 Å². The number of para-hydroxylation sites is 1. The Bertz CT molecular complexity index is 563. The summed E-state index contributed by atoms with van der Waals surface area (Å²) in [7, 11) is 0. The summed E-state index contributed by atoms with van der Waals surface area (Å²) in [4.78, 5) is 12.7. The van der Waals surface area contributed by atoms with Crippen molar-refractivity contribution in [3.05, 3.63) is 51.7 Å². The van der Waals surface area contributed by atoms with Crippen LogP contribution in [-0.4, -0.2) is 11.1 Å². The quantitative estimate of drug-likeness (QED) is 0.847. The molecule has 19 heavy (non-hydrogen) atoms. The minimum Gasteiger partial charge on any atom is -0.481 e. The van der Waals surface area contributed by atoms with Crippen LogP contribution in [0.4, 0.5) is 5.69 Å². The van der Waals surface area contributed by atoms with Crippen molar-refractivity contribution in [2.24, 2.45) is 0 Å². The van der Waals surface area contributed by atoms with Crippen molar-refractivity contribution in [2.75, 3.05) is 5.32 Å². The van der Waals surface area contributed by atoms with Crippen molar-refractivity contribution in [3.8, 4) is 0 Å². The first kappa shape index (κ1) is 13.6. The molecule has 0 atom stereocenters. The number of aliphatic carboxylic acids is 1. The van der Waals surface area contributed by atoms with Gasteiger partial charge in [-0.25, -0.2) is 0 Å². The van der Waals surface area contributed by atoms with Gasteiger partial charge >= 0.3 is 5.97 Å². The third-order valence-corrected chi connectivity index (χ3v) is 3.98. The summed E-state index contributed by atoms with van der Waals surface area (Å²) in [6.45, 7) is 2.87. The van der Waals surface area contributed by atoms with Crippen LogP contribution >= 0.6 is 11.3 Å². The van der Waals surface area contributed by atoms with Crippen LogP contribution in [0, 0.1) is 0 Å².